The van der Waals surface area contributed by atoms with Gasteiger partial charge in [-0.1, -0.05) is 18.2 Å². The van der Waals surface area contributed by atoms with Crippen LogP contribution in [0.2, 0.25) is 0 Å². The van der Waals surface area contributed by atoms with Gasteiger partial charge in [0.05, 0.1) is 6.04 Å². The van der Waals surface area contributed by atoms with Gasteiger partial charge in [-0.25, -0.2) is 0 Å². The van der Waals surface area contributed by atoms with Crippen LogP contribution in [0.5, 0.6) is 5.75 Å². The van der Waals surface area contributed by atoms with Crippen LogP contribution in [0.25, 0.3) is 0 Å². The van der Waals surface area contributed by atoms with Crippen LogP contribution < -0.4 is 21.5 Å². The van der Waals surface area contributed by atoms with Crippen molar-refractivity contribution < 1.29 is 4.74 Å². The number of rotatable bonds is 2. The number of benzene rings is 1. The topological polar surface area (TPSA) is 99.1 Å². The monoisotopic (exact) mass is 243 g/mol. The zero-order valence-corrected chi connectivity index (χ0v) is 9.63. The maximum absolute atomic E-state index is 5.63. The van der Waals surface area contributed by atoms with E-state index in [1.165, 1.54) is 0 Å². The van der Waals surface area contributed by atoms with E-state index in [1.807, 2.05) is 24.3 Å². The molecule has 2 aromatic rings. The Labute approximate surface area is 104 Å². The van der Waals surface area contributed by atoms with Gasteiger partial charge in [0.2, 0.25) is 5.95 Å². The third-order valence-corrected chi connectivity index (χ3v) is 2.79. The van der Waals surface area contributed by atoms with E-state index in [0.717, 1.165) is 11.3 Å². The molecule has 0 radical (unpaired) electrons. The molecule has 5 N–H and O–H groups in total. The van der Waals surface area contributed by atoms with Gasteiger partial charge in [0.1, 0.15) is 24.0 Å². The minimum atomic E-state index is 0.0508. The van der Waals surface area contributed by atoms with Gasteiger partial charge < -0.3 is 21.5 Å². The zero-order chi connectivity index (χ0) is 12.5. The lowest BCUT2D eigenvalue weighted by Gasteiger charge is -2.12. The van der Waals surface area contributed by atoms with E-state index in [1.54, 1.807) is 6.07 Å². The molecule has 18 heavy (non-hydrogen) atoms. The highest BCUT2D eigenvalue weighted by molar-refractivity contribution is 5.51. The number of hydrogen-bond acceptors (Lipinski definition) is 6. The van der Waals surface area contributed by atoms with Gasteiger partial charge in [0, 0.05) is 11.6 Å². The molecule has 1 aromatic heterocycles. The predicted molar refractivity (Wildman–Crippen MR) is 69.2 cm³/mol. The number of anilines is 3. The summed E-state index contributed by atoms with van der Waals surface area (Å²) in [6.45, 7) is 0.559. The molecule has 0 saturated heterocycles. The predicted octanol–water partition coefficient (Wildman–Crippen LogP) is 1.19. The first-order chi connectivity index (χ1) is 8.72. The molecular weight excluding hydrogens is 230 g/mol. The fraction of sp³-hybridized carbons (Fsp3) is 0.167. The fourth-order valence-corrected chi connectivity index (χ4v) is 2.02. The number of hydrogen-bond donors (Lipinski definition) is 3. The number of nitrogens with zero attached hydrogens (tertiary/aromatic N) is 2. The molecule has 1 unspecified atom stereocenters. The van der Waals surface area contributed by atoms with Crippen molar-refractivity contribution in [1.82, 2.24) is 9.97 Å². The summed E-state index contributed by atoms with van der Waals surface area (Å²) in [6.07, 6.45) is 0. The van der Waals surface area contributed by atoms with Crippen molar-refractivity contribution in [1.29, 1.82) is 0 Å². The van der Waals surface area contributed by atoms with Crippen LogP contribution in [-0.4, -0.2) is 16.6 Å². The van der Waals surface area contributed by atoms with Gasteiger partial charge in [-0.3, -0.25) is 0 Å². The molecule has 1 aliphatic heterocycles. The second-order valence-electron chi connectivity index (χ2n) is 4.08. The second kappa shape index (κ2) is 4.06. The van der Waals surface area contributed by atoms with Crippen molar-refractivity contribution in [2.24, 2.45) is 0 Å². The number of nitrogens with one attached hydrogen (secondary N) is 1. The quantitative estimate of drug-likeness (QED) is 0.732. The number of nitrogen functional groups attached to an aromatic ring is 2. The van der Waals surface area contributed by atoms with Crippen molar-refractivity contribution >= 4 is 17.6 Å². The maximum Gasteiger partial charge on any atom is 0.223 e. The van der Waals surface area contributed by atoms with Gasteiger partial charge in [-0.2, -0.15) is 9.97 Å². The second-order valence-corrected chi connectivity index (χ2v) is 4.08. The van der Waals surface area contributed by atoms with Gasteiger partial charge in [-0.15, -0.1) is 0 Å². The van der Waals surface area contributed by atoms with E-state index < -0.39 is 0 Å². The first-order valence-corrected chi connectivity index (χ1v) is 5.60. The summed E-state index contributed by atoms with van der Waals surface area (Å²) in [6, 6.07) is 9.59. The largest absolute Gasteiger partial charge is 0.491 e. The van der Waals surface area contributed by atoms with Crippen molar-refractivity contribution in [3.05, 3.63) is 35.9 Å². The summed E-state index contributed by atoms with van der Waals surface area (Å²) >= 11 is 0. The Morgan fingerprint density at radius 1 is 1.22 bits per heavy atom. The standard InChI is InChI=1S/C12H13N5O/c13-10-5-11(17-12(14)16-10)15-8-6-18-9-4-2-1-3-7(8)9/h1-5,8H,6H2,(H5,13,14,15,16,17). The van der Waals surface area contributed by atoms with Crippen molar-refractivity contribution in [3.63, 3.8) is 0 Å². The molecule has 0 spiro atoms. The average Bonchev–Trinajstić information content (AvgIpc) is 2.72. The SMILES string of the molecule is Nc1cc(NC2COc3ccccc32)nc(N)n1. The molecule has 0 bridgehead atoms. The molecule has 92 valence electrons. The van der Waals surface area contributed by atoms with Crippen LogP contribution in [0, 0.1) is 0 Å². The number of para-hydroxylation sites is 1. The molecule has 0 aliphatic carbocycles. The summed E-state index contributed by atoms with van der Waals surface area (Å²) in [4.78, 5) is 7.92. The van der Waals surface area contributed by atoms with Gasteiger partial charge in [0.25, 0.3) is 0 Å². The number of ether oxygens (including phenoxy) is 1. The van der Waals surface area contributed by atoms with Crippen molar-refractivity contribution in [2.75, 3.05) is 23.4 Å². The number of fused-ring (bicyclic) bond motifs is 1. The molecule has 3 rings (SSSR count). The smallest absolute Gasteiger partial charge is 0.223 e. The summed E-state index contributed by atoms with van der Waals surface area (Å²) in [5.41, 5.74) is 12.3. The Bertz CT molecular complexity index is 566. The third-order valence-electron chi connectivity index (χ3n) is 2.79. The highest BCUT2D eigenvalue weighted by atomic mass is 16.5. The van der Waals surface area contributed by atoms with Crippen LogP contribution >= 0.6 is 0 Å². The van der Waals surface area contributed by atoms with Gasteiger partial charge >= 0.3 is 0 Å². The first kappa shape index (κ1) is 10.6. The molecule has 1 atom stereocenters. The molecule has 2 heterocycles. The van der Waals surface area contributed by atoms with Gasteiger partial charge in [0.15, 0.2) is 0 Å². The minimum Gasteiger partial charge on any atom is -0.491 e. The Morgan fingerprint density at radius 3 is 2.89 bits per heavy atom. The number of nitrogens with two attached hydrogens (primary N) is 2. The zero-order valence-electron chi connectivity index (χ0n) is 9.63. The Kier molecular flexibility index (Phi) is 2.40. The highest BCUT2D eigenvalue weighted by Gasteiger charge is 2.23. The molecular formula is C12H13N5O. The van der Waals surface area contributed by atoms with Crippen LogP contribution in [0.15, 0.2) is 30.3 Å². The summed E-state index contributed by atoms with van der Waals surface area (Å²) < 4.78 is 5.58. The molecule has 6 nitrogen and oxygen atoms in total. The molecule has 6 heteroatoms. The Morgan fingerprint density at radius 2 is 2.06 bits per heavy atom. The molecule has 1 aromatic carbocycles. The number of aromatic nitrogens is 2. The fourth-order valence-electron chi connectivity index (χ4n) is 2.02. The average molecular weight is 243 g/mol. The Hall–Kier alpha value is -2.50. The normalized spacial score (nSPS) is 17.0. The molecule has 1 aliphatic rings. The summed E-state index contributed by atoms with van der Waals surface area (Å²) in [5, 5.41) is 3.24. The van der Waals surface area contributed by atoms with Crippen LogP contribution in [0.1, 0.15) is 11.6 Å². The van der Waals surface area contributed by atoms with Gasteiger partial charge in [-0.05, 0) is 6.07 Å². The van der Waals surface area contributed by atoms with E-state index >= 15 is 0 Å². The van der Waals surface area contributed by atoms with E-state index in [-0.39, 0.29) is 12.0 Å². The molecule has 0 saturated carbocycles. The summed E-state index contributed by atoms with van der Waals surface area (Å²) in [7, 11) is 0. The lowest BCUT2D eigenvalue weighted by molar-refractivity contribution is 0.339. The lowest BCUT2D eigenvalue weighted by Crippen LogP contribution is -2.14. The van der Waals surface area contributed by atoms with Crippen LogP contribution in [0.3, 0.4) is 0 Å². The van der Waals surface area contributed by atoms with E-state index in [0.29, 0.717) is 18.2 Å². The van der Waals surface area contributed by atoms with E-state index in [4.69, 9.17) is 16.2 Å². The molecule has 0 fully saturated rings. The third kappa shape index (κ3) is 1.88. The van der Waals surface area contributed by atoms with E-state index in [9.17, 15) is 0 Å². The van der Waals surface area contributed by atoms with Crippen LogP contribution in [0.4, 0.5) is 17.6 Å². The molecule has 0 amide bonds. The van der Waals surface area contributed by atoms with Crippen molar-refractivity contribution in [2.45, 2.75) is 6.04 Å². The summed E-state index contributed by atoms with van der Waals surface area (Å²) in [5.74, 6) is 2.00. The highest BCUT2D eigenvalue weighted by Crippen LogP contribution is 2.33. The Balaban J connectivity index is 1.86. The lowest BCUT2D eigenvalue weighted by atomic mass is 10.1. The minimum absolute atomic E-state index is 0.0508. The van der Waals surface area contributed by atoms with Crippen molar-refractivity contribution in [3.8, 4) is 5.75 Å². The maximum atomic E-state index is 5.63. The van der Waals surface area contributed by atoms with Crippen LogP contribution in [-0.2, 0) is 0 Å². The van der Waals surface area contributed by atoms with E-state index in [2.05, 4.69) is 15.3 Å². The first-order valence-electron chi connectivity index (χ1n) is 5.60.